The SMILES string of the molecule is CCn1c(SCC(=O)Nc2cccc3ccccc23)nnc1[C@H](C)NC(=O)c1ccc(Cl)c(Cl)c1. The van der Waals surface area contributed by atoms with Gasteiger partial charge in [-0.2, -0.15) is 0 Å². The number of nitrogens with zero attached hydrogens (tertiary/aromatic N) is 3. The first-order valence-corrected chi connectivity index (χ1v) is 12.7. The summed E-state index contributed by atoms with van der Waals surface area (Å²) in [5.41, 5.74) is 1.17. The van der Waals surface area contributed by atoms with Gasteiger partial charge < -0.3 is 15.2 Å². The van der Waals surface area contributed by atoms with E-state index < -0.39 is 6.04 Å². The van der Waals surface area contributed by atoms with Crippen LogP contribution in [-0.2, 0) is 11.3 Å². The van der Waals surface area contributed by atoms with E-state index in [-0.39, 0.29) is 17.6 Å². The zero-order chi connectivity index (χ0) is 24.9. The maximum absolute atomic E-state index is 12.7. The fourth-order valence-electron chi connectivity index (χ4n) is 3.66. The molecule has 10 heteroatoms. The van der Waals surface area contributed by atoms with Crippen molar-refractivity contribution in [3.63, 3.8) is 0 Å². The Morgan fingerprint density at radius 3 is 2.57 bits per heavy atom. The summed E-state index contributed by atoms with van der Waals surface area (Å²) in [7, 11) is 0. The van der Waals surface area contributed by atoms with Gasteiger partial charge in [0, 0.05) is 23.2 Å². The number of aromatic nitrogens is 3. The highest BCUT2D eigenvalue weighted by molar-refractivity contribution is 7.99. The number of fused-ring (bicyclic) bond motifs is 1. The van der Waals surface area contributed by atoms with Crippen molar-refractivity contribution in [1.29, 1.82) is 0 Å². The third-order valence-electron chi connectivity index (χ3n) is 5.37. The number of hydrogen-bond acceptors (Lipinski definition) is 5. The molecule has 0 fully saturated rings. The van der Waals surface area contributed by atoms with Crippen LogP contribution >= 0.6 is 35.0 Å². The van der Waals surface area contributed by atoms with Crippen molar-refractivity contribution in [1.82, 2.24) is 20.1 Å². The van der Waals surface area contributed by atoms with Crippen molar-refractivity contribution in [2.24, 2.45) is 0 Å². The van der Waals surface area contributed by atoms with Gasteiger partial charge in [-0.25, -0.2) is 0 Å². The maximum atomic E-state index is 12.7. The van der Waals surface area contributed by atoms with Gasteiger partial charge in [-0.1, -0.05) is 71.4 Å². The van der Waals surface area contributed by atoms with Crippen molar-refractivity contribution in [2.75, 3.05) is 11.1 Å². The van der Waals surface area contributed by atoms with E-state index in [2.05, 4.69) is 20.8 Å². The first kappa shape index (κ1) is 25.0. The lowest BCUT2D eigenvalue weighted by Crippen LogP contribution is -2.28. The summed E-state index contributed by atoms with van der Waals surface area (Å²) in [6, 6.07) is 18.0. The number of halogens is 2. The second-order valence-electron chi connectivity index (χ2n) is 7.77. The van der Waals surface area contributed by atoms with Gasteiger partial charge in [-0.3, -0.25) is 9.59 Å². The number of carbonyl (C=O) groups is 2. The van der Waals surface area contributed by atoms with Crippen molar-refractivity contribution in [3.05, 3.63) is 82.1 Å². The van der Waals surface area contributed by atoms with Gasteiger partial charge in [-0.05, 0) is 43.5 Å². The average Bonchev–Trinajstić information content (AvgIpc) is 3.27. The summed E-state index contributed by atoms with van der Waals surface area (Å²) in [5, 5.41) is 17.7. The number of rotatable bonds is 8. The Morgan fingerprint density at radius 2 is 1.80 bits per heavy atom. The number of thioether (sulfide) groups is 1. The van der Waals surface area contributed by atoms with Crippen LogP contribution in [0.4, 0.5) is 5.69 Å². The van der Waals surface area contributed by atoms with E-state index in [1.807, 2.05) is 60.9 Å². The lowest BCUT2D eigenvalue weighted by Gasteiger charge is -2.15. The van der Waals surface area contributed by atoms with Crippen LogP contribution in [0.15, 0.2) is 65.8 Å². The largest absolute Gasteiger partial charge is 0.342 e. The Labute approximate surface area is 217 Å². The van der Waals surface area contributed by atoms with Crippen LogP contribution in [0, 0.1) is 0 Å². The van der Waals surface area contributed by atoms with Crippen LogP contribution in [-0.4, -0.2) is 32.3 Å². The van der Waals surface area contributed by atoms with Gasteiger partial charge in [0.25, 0.3) is 5.91 Å². The molecule has 0 aliphatic rings. The summed E-state index contributed by atoms with van der Waals surface area (Å²) < 4.78 is 1.88. The lowest BCUT2D eigenvalue weighted by molar-refractivity contribution is -0.113. The molecule has 1 atom stereocenters. The topological polar surface area (TPSA) is 88.9 Å². The minimum Gasteiger partial charge on any atom is -0.342 e. The fraction of sp³-hybridized carbons (Fsp3) is 0.200. The molecule has 4 rings (SSSR count). The fourth-order valence-corrected chi connectivity index (χ4v) is 4.76. The highest BCUT2D eigenvalue weighted by atomic mass is 35.5. The zero-order valence-electron chi connectivity index (χ0n) is 19.1. The number of carbonyl (C=O) groups excluding carboxylic acids is 2. The number of amides is 2. The van der Waals surface area contributed by atoms with Gasteiger partial charge >= 0.3 is 0 Å². The van der Waals surface area contributed by atoms with Crippen molar-refractivity contribution < 1.29 is 9.59 Å². The molecule has 0 saturated carbocycles. The molecule has 2 amide bonds. The molecule has 35 heavy (non-hydrogen) atoms. The summed E-state index contributed by atoms with van der Waals surface area (Å²) in [4.78, 5) is 25.3. The Bertz CT molecular complexity index is 1390. The predicted octanol–water partition coefficient (Wildman–Crippen LogP) is 5.98. The molecule has 0 aliphatic heterocycles. The summed E-state index contributed by atoms with van der Waals surface area (Å²) in [6.07, 6.45) is 0. The molecule has 3 aromatic carbocycles. The van der Waals surface area contributed by atoms with Crippen molar-refractivity contribution in [2.45, 2.75) is 31.6 Å². The molecule has 0 spiro atoms. The Hall–Kier alpha value is -3.07. The molecule has 0 radical (unpaired) electrons. The first-order chi connectivity index (χ1) is 16.9. The third-order valence-corrected chi connectivity index (χ3v) is 7.08. The molecule has 0 unspecified atom stereocenters. The van der Waals surface area contributed by atoms with Crippen LogP contribution in [0.5, 0.6) is 0 Å². The smallest absolute Gasteiger partial charge is 0.251 e. The standard InChI is InChI=1S/C25H23Cl2N5O2S/c1-3-32-23(15(2)28-24(34)17-11-12-19(26)20(27)13-17)30-31-25(32)35-14-22(33)29-21-10-6-8-16-7-4-5-9-18(16)21/h4-13,15H,3,14H2,1-2H3,(H,28,34)(H,29,33)/t15-/m0/s1. The first-order valence-electron chi connectivity index (χ1n) is 11.0. The zero-order valence-corrected chi connectivity index (χ0v) is 21.4. The molecular formula is C25H23Cl2N5O2S. The molecule has 180 valence electrons. The molecule has 1 heterocycles. The van der Waals surface area contributed by atoms with Crippen LogP contribution in [0.2, 0.25) is 10.0 Å². The number of anilines is 1. The molecule has 1 aromatic heterocycles. The summed E-state index contributed by atoms with van der Waals surface area (Å²) >= 11 is 13.3. The number of nitrogens with one attached hydrogen (secondary N) is 2. The number of benzene rings is 3. The molecule has 2 N–H and O–H groups in total. The van der Waals surface area contributed by atoms with Crippen LogP contribution in [0.3, 0.4) is 0 Å². The van der Waals surface area contributed by atoms with E-state index in [1.165, 1.54) is 17.8 Å². The van der Waals surface area contributed by atoms with Crippen LogP contribution < -0.4 is 10.6 Å². The maximum Gasteiger partial charge on any atom is 0.251 e. The van der Waals surface area contributed by atoms with Gasteiger partial charge in [0.15, 0.2) is 11.0 Å². The Balaban J connectivity index is 1.41. The summed E-state index contributed by atoms with van der Waals surface area (Å²) in [5.74, 6) is 0.327. The van der Waals surface area contributed by atoms with E-state index in [1.54, 1.807) is 12.1 Å². The van der Waals surface area contributed by atoms with Gasteiger partial charge in [0.2, 0.25) is 5.91 Å². The van der Waals surface area contributed by atoms with E-state index in [0.29, 0.717) is 33.1 Å². The highest BCUT2D eigenvalue weighted by Gasteiger charge is 2.20. The molecule has 4 aromatic rings. The quantitative estimate of drug-likeness (QED) is 0.275. The van der Waals surface area contributed by atoms with Crippen molar-refractivity contribution in [3.8, 4) is 0 Å². The minimum atomic E-state index is -0.414. The normalized spacial score (nSPS) is 11.9. The predicted molar refractivity (Wildman–Crippen MR) is 141 cm³/mol. The van der Waals surface area contributed by atoms with Gasteiger partial charge in [0.1, 0.15) is 0 Å². The highest BCUT2D eigenvalue weighted by Crippen LogP contribution is 2.26. The number of hydrogen-bond donors (Lipinski definition) is 2. The second-order valence-corrected chi connectivity index (χ2v) is 9.53. The molecule has 0 aliphatic carbocycles. The van der Waals surface area contributed by atoms with Gasteiger partial charge in [0.05, 0.1) is 21.8 Å². The Morgan fingerprint density at radius 1 is 1.03 bits per heavy atom. The second kappa shape index (κ2) is 11.1. The van der Waals surface area contributed by atoms with E-state index in [4.69, 9.17) is 23.2 Å². The van der Waals surface area contributed by atoms with Crippen LogP contribution in [0.25, 0.3) is 10.8 Å². The lowest BCUT2D eigenvalue weighted by atomic mass is 10.1. The monoisotopic (exact) mass is 527 g/mol. The van der Waals surface area contributed by atoms with E-state index in [0.717, 1.165) is 16.5 Å². The average molecular weight is 528 g/mol. The van der Waals surface area contributed by atoms with Crippen molar-refractivity contribution >= 4 is 63.2 Å². The van der Waals surface area contributed by atoms with Gasteiger partial charge in [-0.15, -0.1) is 10.2 Å². The molecular weight excluding hydrogens is 505 g/mol. The molecule has 0 bridgehead atoms. The molecule has 0 saturated heterocycles. The van der Waals surface area contributed by atoms with E-state index >= 15 is 0 Å². The minimum absolute atomic E-state index is 0.139. The van der Waals surface area contributed by atoms with E-state index in [9.17, 15) is 9.59 Å². The third kappa shape index (κ3) is 5.78. The molecule has 7 nitrogen and oxygen atoms in total. The summed E-state index contributed by atoms with van der Waals surface area (Å²) in [6.45, 7) is 4.37. The Kier molecular flexibility index (Phi) is 7.95. The van der Waals surface area contributed by atoms with Crippen LogP contribution in [0.1, 0.15) is 36.1 Å².